The summed E-state index contributed by atoms with van der Waals surface area (Å²) in [6.45, 7) is 2.90. The smallest absolute Gasteiger partial charge is 0.335 e. The highest BCUT2D eigenvalue weighted by atomic mass is 19.1. The Morgan fingerprint density at radius 3 is 2.32 bits per heavy atom. The second kappa shape index (κ2) is 9.82. The lowest BCUT2D eigenvalue weighted by Gasteiger charge is -2.08. The van der Waals surface area contributed by atoms with Gasteiger partial charge in [0.1, 0.15) is 11.6 Å². The number of ether oxygens (including phenoxy) is 1. The third-order valence-electron chi connectivity index (χ3n) is 4.15. The summed E-state index contributed by atoms with van der Waals surface area (Å²) in [5, 5.41) is 8.89. The van der Waals surface area contributed by atoms with Gasteiger partial charge in [-0.15, -0.1) is 0 Å². The van der Waals surface area contributed by atoms with Crippen LogP contribution in [-0.2, 0) is 0 Å². The number of hydrogen-bond donors (Lipinski definition) is 1. The summed E-state index contributed by atoms with van der Waals surface area (Å²) in [5.74, 6) is -0.913. The van der Waals surface area contributed by atoms with Crippen molar-refractivity contribution in [2.24, 2.45) is 0 Å². The number of carboxylic acid groups (broad SMARTS) is 1. The zero-order valence-electron chi connectivity index (χ0n) is 14.6. The largest absolute Gasteiger partial charge is 0.494 e. The molecule has 0 aliphatic carbocycles. The van der Waals surface area contributed by atoms with E-state index in [9.17, 15) is 9.18 Å². The van der Waals surface area contributed by atoms with Gasteiger partial charge in [-0.25, -0.2) is 9.18 Å². The molecule has 2 rings (SSSR count). The van der Waals surface area contributed by atoms with Crippen molar-refractivity contribution in [3.05, 3.63) is 53.8 Å². The van der Waals surface area contributed by atoms with Crippen LogP contribution in [0.5, 0.6) is 5.75 Å². The molecule has 4 heteroatoms. The van der Waals surface area contributed by atoms with Crippen molar-refractivity contribution in [1.82, 2.24) is 0 Å². The summed E-state index contributed by atoms with van der Waals surface area (Å²) in [5.41, 5.74) is 1.02. The molecule has 0 bridgehead atoms. The monoisotopic (exact) mass is 344 g/mol. The Bertz CT molecular complexity index is 680. The van der Waals surface area contributed by atoms with Gasteiger partial charge < -0.3 is 9.84 Å². The molecule has 1 N–H and O–H groups in total. The second-order valence-electron chi connectivity index (χ2n) is 6.14. The van der Waals surface area contributed by atoms with E-state index >= 15 is 0 Å². The molecule has 0 radical (unpaired) electrons. The van der Waals surface area contributed by atoms with Crippen molar-refractivity contribution in [2.75, 3.05) is 6.61 Å². The molecule has 0 amide bonds. The maximum Gasteiger partial charge on any atom is 0.335 e. The van der Waals surface area contributed by atoms with Gasteiger partial charge >= 0.3 is 5.97 Å². The average Bonchev–Trinajstić information content (AvgIpc) is 2.61. The number of carboxylic acids is 1. The summed E-state index contributed by atoms with van der Waals surface area (Å²) in [7, 11) is 0. The van der Waals surface area contributed by atoms with Crippen LogP contribution in [0.3, 0.4) is 0 Å². The van der Waals surface area contributed by atoms with Crippen LogP contribution in [0.25, 0.3) is 11.1 Å². The molecule has 0 saturated heterocycles. The number of halogens is 1. The molecule has 0 heterocycles. The van der Waals surface area contributed by atoms with Crippen LogP contribution in [0.15, 0.2) is 42.5 Å². The highest BCUT2D eigenvalue weighted by molar-refractivity contribution is 5.88. The third kappa shape index (κ3) is 5.89. The molecule has 25 heavy (non-hydrogen) atoms. The Kier molecular flexibility index (Phi) is 7.45. The van der Waals surface area contributed by atoms with Crippen molar-refractivity contribution in [2.45, 2.75) is 45.4 Å². The fourth-order valence-corrected chi connectivity index (χ4v) is 2.69. The number of aromatic carboxylic acids is 1. The molecular formula is C21H25FO3. The van der Waals surface area contributed by atoms with Crippen molar-refractivity contribution in [3.8, 4) is 16.9 Å². The lowest BCUT2D eigenvalue weighted by Crippen LogP contribution is -1.98. The minimum atomic E-state index is -1.14. The van der Waals surface area contributed by atoms with Gasteiger partial charge in [0.2, 0.25) is 0 Å². The minimum Gasteiger partial charge on any atom is -0.494 e. The first kappa shape index (κ1) is 19.0. The summed E-state index contributed by atoms with van der Waals surface area (Å²) >= 11 is 0. The molecule has 134 valence electrons. The average molecular weight is 344 g/mol. The van der Waals surface area contributed by atoms with Gasteiger partial charge in [0.25, 0.3) is 0 Å². The summed E-state index contributed by atoms with van der Waals surface area (Å²) in [6.07, 6.45) is 7.31. The number of benzene rings is 2. The molecule has 0 atom stereocenters. The van der Waals surface area contributed by atoms with E-state index in [4.69, 9.17) is 9.84 Å². The summed E-state index contributed by atoms with van der Waals surface area (Å²) in [4.78, 5) is 10.9. The highest BCUT2D eigenvalue weighted by Gasteiger charge is 2.10. The normalized spacial score (nSPS) is 10.6. The number of unbranched alkanes of at least 4 members (excludes halogenated alkanes) is 5. The maximum atomic E-state index is 14.1. The first-order valence-electron chi connectivity index (χ1n) is 8.88. The fourth-order valence-electron chi connectivity index (χ4n) is 2.69. The Balaban J connectivity index is 1.86. The first-order valence-corrected chi connectivity index (χ1v) is 8.88. The molecule has 0 aliphatic rings. The zero-order chi connectivity index (χ0) is 18.1. The molecule has 0 fully saturated rings. The van der Waals surface area contributed by atoms with Gasteiger partial charge in [0.15, 0.2) is 0 Å². The van der Waals surface area contributed by atoms with Crippen LogP contribution in [0.1, 0.15) is 55.8 Å². The predicted molar refractivity (Wildman–Crippen MR) is 97.7 cm³/mol. The number of carbonyl (C=O) groups is 1. The van der Waals surface area contributed by atoms with E-state index in [1.807, 2.05) is 12.1 Å². The van der Waals surface area contributed by atoms with Crippen LogP contribution < -0.4 is 4.74 Å². The van der Waals surface area contributed by atoms with E-state index in [2.05, 4.69) is 6.92 Å². The van der Waals surface area contributed by atoms with Crippen molar-refractivity contribution in [1.29, 1.82) is 0 Å². The number of rotatable bonds is 10. The van der Waals surface area contributed by atoms with E-state index < -0.39 is 11.8 Å². The van der Waals surface area contributed by atoms with E-state index in [-0.39, 0.29) is 5.56 Å². The Hall–Kier alpha value is -2.36. The zero-order valence-corrected chi connectivity index (χ0v) is 14.6. The highest BCUT2D eigenvalue weighted by Crippen LogP contribution is 2.26. The molecule has 2 aromatic rings. The van der Waals surface area contributed by atoms with Crippen LogP contribution in [0, 0.1) is 5.82 Å². The molecule has 0 saturated carbocycles. The van der Waals surface area contributed by atoms with Gasteiger partial charge in [-0.3, -0.25) is 0 Å². The van der Waals surface area contributed by atoms with Gasteiger partial charge in [-0.2, -0.15) is 0 Å². The van der Waals surface area contributed by atoms with Crippen LogP contribution in [-0.4, -0.2) is 17.7 Å². The van der Waals surface area contributed by atoms with Gasteiger partial charge in [0.05, 0.1) is 12.2 Å². The van der Waals surface area contributed by atoms with E-state index in [1.54, 1.807) is 12.1 Å². The lowest BCUT2D eigenvalue weighted by molar-refractivity contribution is 0.0696. The molecule has 3 nitrogen and oxygen atoms in total. The fraction of sp³-hybridized carbons (Fsp3) is 0.381. The molecule has 0 unspecified atom stereocenters. The summed E-state index contributed by atoms with van der Waals surface area (Å²) < 4.78 is 19.8. The van der Waals surface area contributed by atoms with Crippen LogP contribution in [0.2, 0.25) is 0 Å². The molecule has 0 aliphatic heterocycles. The van der Waals surface area contributed by atoms with E-state index in [1.165, 1.54) is 44.2 Å². The second-order valence-corrected chi connectivity index (χ2v) is 6.14. The van der Waals surface area contributed by atoms with Crippen LogP contribution >= 0.6 is 0 Å². The maximum absolute atomic E-state index is 14.1. The van der Waals surface area contributed by atoms with Crippen molar-refractivity contribution < 1.29 is 19.0 Å². The quantitative estimate of drug-likeness (QED) is 0.543. The summed E-state index contributed by atoms with van der Waals surface area (Å²) in [6, 6.07) is 11.1. The standard InChI is InChI=1S/C21H25FO3/c1-2-3-4-5-6-7-14-25-18-11-8-16(9-12-18)19-13-10-17(21(23)24)15-20(19)22/h8-13,15H,2-7,14H2,1H3,(H,23,24). The first-order chi connectivity index (χ1) is 12.1. The lowest BCUT2D eigenvalue weighted by atomic mass is 10.0. The van der Waals surface area contributed by atoms with Crippen molar-refractivity contribution in [3.63, 3.8) is 0 Å². The molecule has 0 spiro atoms. The predicted octanol–water partition coefficient (Wildman–Crippen LogP) is 5.93. The van der Waals surface area contributed by atoms with Gasteiger partial charge in [-0.05, 0) is 36.2 Å². The van der Waals surface area contributed by atoms with Gasteiger partial charge in [0, 0.05) is 5.56 Å². The van der Waals surface area contributed by atoms with E-state index in [0.29, 0.717) is 17.7 Å². The molecule has 2 aromatic carbocycles. The SMILES string of the molecule is CCCCCCCCOc1ccc(-c2ccc(C(=O)O)cc2F)cc1. The Morgan fingerprint density at radius 2 is 1.68 bits per heavy atom. The topological polar surface area (TPSA) is 46.5 Å². The van der Waals surface area contributed by atoms with Crippen molar-refractivity contribution >= 4 is 5.97 Å². The molecule has 0 aromatic heterocycles. The Morgan fingerprint density at radius 1 is 1.00 bits per heavy atom. The van der Waals surface area contributed by atoms with Crippen LogP contribution in [0.4, 0.5) is 4.39 Å². The van der Waals surface area contributed by atoms with Gasteiger partial charge in [-0.1, -0.05) is 57.2 Å². The third-order valence-corrected chi connectivity index (χ3v) is 4.15. The Labute approximate surface area is 148 Å². The molecular weight excluding hydrogens is 319 g/mol. The number of hydrogen-bond acceptors (Lipinski definition) is 2. The van der Waals surface area contributed by atoms with E-state index in [0.717, 1.165) is 18.2 Å². The minimum absolute atomic E-state index is 0.0554.